The first kappa shape index (κ1) is 15.7. The second kappa shape index (κ2) is 7.38. The van der Waals surface area contributed by atoms with Crippen molar-refractivity contribution in [2.45, 2.75) is 36.6 Å². The monoisotopic (exact) mass is 320 g/mol. The van der Waals surface area contributed by atoms with Crippen LogP contribution in [0, 0.1) is 5.92 Å². The fourth-order valence-electron chi connectivity index (χ4n) is 2.92. The topological polar surface area (TPSA) is 49.4 Å². The van der Waals surface area contributed by atoms with Gasteiger partial charge in [-0.2, -0.15) is 0 Å². The molecule has 2 atom stereocenters. The molecule has 1 aliphatic heterocycles. The van der Waals surface area contributed by atoms with Gasteiger partial charge in [-0.1, -0.05) is 18.2 Å². The van der Waals surface area contributed by atoms with Gasteiger partial charge in [0.15, 0.2) is 0 Å². The maximum absolute atomic E-state index is 12.3. The second-order valence-electron chi connectivity index (χ2n) is 6.29. The highest BCUT2D eigenvalue weighted by Gasteiger charge is 2.30. The van der Waals surface area contributed by atoms with Crippen LogP contribution in [0.25, 0.3) is 0 Å². The van der Waals surface area contributed by atoms with Crippen molar-refractivity contribution in [3.8, 4) is 0 Å². The van der Waals surface area contributed by atoms with Gasteiger partial charge in [0.1, 0.15) is 0 Å². The number of carbonyl (C=O) groups excluding carboxylic acids is 1. The third-order valence-corrected chi connectivity index (χ3v) is 5.75. The number of amides is 1. The molecule has 3 rings (SSSR count). The van der Waals surface area contributed by atoms with Crippen LogP contribution in [0.5, 0.6) is 0 Å². The molecule has 1 aromatic carbocycles. The van der Waals surface area contributed by atoms with Crippen molar-refractivity contribution >= 4 is 16.7 Å². The first-order valence-corrected chi connectivity index (χ1v) is 9.50. The molecule has 1 saturated carbocycles. The van der Waals surface area contributed by atoms with Gasteiger partial charge in [-0.3, -0.25) is 9.00 Å². The highest BCUT2D eigenvalue weighted by Crippen LogP contribution is 2.22. The first-order chi connectivity index (χ1) is 10.7. The van der Waals surface area contributed by atoms with Crippen molar-refractivity contribution in [2.75, 3.05) is 25.4 Å². The van der Waals surface area contributed by atoms with Gasteiger partial charge in [0.25, 0.3) is 0 Å². The van der Waals surface area contributed by atoms with Gasteiger partial charge in [-0.05, 0) is 44.4 Å². The van der Waals surface area contributed by atoms with E-state index in [2.05, 4.69) is 10.2 Å². The number of nitrogens with one attached hydrogen (secondary N) is 1. The molecule has 4 nitrogen and oxygen atoms in total. The van der Waals surface area contributed by atoms with Crippen LogP contribution in [-0.2, 0) is 15.6 Å². The van der Waals surface area contributed by atoms with E-state index in [1.165, 1.54) is 0 Å². The predicted octanol–water partition coefficient (Wildman–Crippen LogP) is 1.78. The lowest BCUT2D eigenvalue weighted by molar-refractivity contribution is -0.126. The van der Waals surface area contributed by atoms with Crippen molar-refractivity contribution in [1.82, 2.24) is 10.2 Å². The van der Waals surface area contributed by atoms with Crippen LogP contribution in [0.1, 0.15) is 25.7 Å². The van der Waals surface area contributed by atoms with Crippen molar-refractivity contribution < 1.29 is 9.00 Å². The highest BCUT2D eigenvalue weighted by atomic mass is 32.2. The summed E-state index contributed by atoms with van der Waals surface area (Å²) in [5, 5.41) is 3.11. The standard InChI is InChI=1S/C17H24N2O2S/c20-17(18-15-8-9-15)14-5-4-10-19(13-14)11-12-22(21)16-6-2-1-3-7-16/h1-3,6-7,14-15H,4-5,8-13H2,(H,18,20)/t14-,22+/m0/s1. The van der Waals surface area contributed by atoms with Gasteiger partial charge < -0.3 is 10.2 Å². The molecule has 2 aliphatic rings. The number of piperidine rings is 1. The van der Waals surface area contributed by atoms with Gasteiger partial charge >= 0.3 is 0 Å². The molecule has 1 aromatic rings. The van der Waals surface area contributed by atoms with Crippen LogP contribution in [0.3, 0.4) is 0 Å². The molecule has 120 valence electrons. The van der Waals surface area contributed by atoms with E-state index in [1.807, 2.05) is 30.3 Å². The van der Waals surface area contributed by atoms with Crippen molar-refractivity contribution in [3.63, 3.8) is 0 Å². The van der Waals surface area contributed by atoms with E-state index in [0.717, 1.165) is 50.2 Å². The molecule has 1 amide bonds. The number of benzene rings is 1. The van der Waals surface area contributed by atoms with Gasteiger partial charge in [0.05, 0.1) is 16.7 Å². The van der Waals surface area contributed by atoms with E-state index in [9.17, 15) is 9.00 Å². The van der Waals surface area contributed by atoms with E-state index < -0.39 is 10.8 Å². The molecule has 0 aromatic heterocycles. The predicted molar refractivity (Wildman–Crippen MR) is 88.0 cm³/mol. The molecule has 2 fully saturated rings. The Kier molecular flexibility index (Phi) is 5.26. The maximum atomic E-state index is 12.3. The lowest BCUT2D eigenvalue weighted by atomic mass is 9.97. The molecule has 0 spiro atoms. The van der Waals surface area contributed by atoms with E-state index >= 15 is 0 Å². The number of rotatable bonds is 6. The molecular formula is C17H24N2O2S. The molecule has 0 unspecified atom stereocenters. The SMILES string of the molecule is O=C(NC1CC1)[C@H]1CCCN(CC[S@@](=O)c2ccccc2)C1. The third kappa shape index (κ3) is 4.40. The minimum absolute atomic E-state index is 0.111. The van der Waals surface area contributed by atoms with Gasteiger partial charge in [0, 0.05) is 29.8 Å². The quantitative estimate of drug-likeness (QED) is 0.869. The Balaban J connectivity index is 1.45. The number of hydrogen-bond acceptors (Lipinski definition) is 3. The summed E-state index contributed by atoms with van der Waals surface area (Å²) in [6, 6.07) is 10.1. The Hall–Kier alpha value is -1.20. The molecule has 5 heteroatoms. The fourth-order valence-corrected chi connectivity index (χ4v) is 4.04. The third-order valence-electron chi connectivity index (χ3n) is 4.40. The summed E-state index contributed by atoms with van der Waals surface area (Å²) in [7, 11) is -0.948. The molecule has 0 bridgehead atoms. The largest absolute Gasteiger partial charge is 0.353 e. The Morgan fingerprint density at radius 2 is 2.00 bits per heavy atom. The van der Waals surface area contributed by atoms with Crippen LogP contribution < -0.4 is 5.32 Å². The Morgan fingerprint density at radius 1 is 1.23 bits per heavy atom. The average molecular weight is 320 g/mol. The van der Waals surface area contributed by atoms with E-state index in [1.54, 1.807) is 0 Å². The first-order valence-electron chi connectivity index (χ1n) is 8.18. The summed E-state index contributed by atoms with van der Waals surface area (Å²) < 4.78 is 12.3. The van der Waals surface area contributed by atoms with E-state index in [0.29, 0.717) is 11.8 Å². The van der Waals surface area contributed by atoms with Crippen LogP contribution in [0.2, 0.25) is 0 Å². The number of nitrogens with zero attached hydrogens (tertiary/aromatic N) is 1. The zero-order valence-electron chi connectivity index (χ0n) is 12.9. The second-order valence-corrected chi connectivity index (χ2v) is 7.86. The Labute approximate surface area is 134 Å². The van der Waals surface area contributed by atoms with Crippen molar-refractivity contribution in [2.24, 2.45) is 5.92 Å². The molecule has 0 radical (unpaired) electrons. The summed E-state index contributed by atoms with van der Waals surface area (Å²) in [5.74, 6) is 0.969. The molecular weight excluding hydrogens is 296 g/mol. The van der Waals surface area contributed by atoms with Crippen molar-refractivity contribution in [3.05, 3.63) is 30.3 Å². The molecule has 1 saturated heterocycles. The Morgan fingerprint density at radius 3 is 2.73 bits per heavy atom. The summed E-state index contributed by atoms with van der Waals surface area (Å²) in [5.41, 5.74) is 0. The number of carbonyl (C=O) groups is 1. The van der Waals surface area contributed by atoms with Crippen LogP contribution in [-0.4, -0.2) is 46.4 Å². The zero-order chi connectivity index (χ0) is 15.4. The van der Waals surface area contributed by atoms with E-state index in [4.69, 9.17) is 0 Å². The highest BCUT2D eigenvalue weighted by molar-refractivity contribution is 7.85. The lowest BCUT2D eigenvalue weighted by Crippen LogP contribution is -2.44. The minimum Gasteiger partial charge on any atom is -0.353 e. The smallest absolute Gasteiger partial charge is 0.224 e. The Bertz CT molecular complexity index is 531. The van der Waals surface area contributed by atoms with Crippen LogP contribution >= 0.6 is 0 Å². The normalized spacial score (nSPS) is 23.9. The summed E-state index contributed by atoms with van der Waals surface area (Å²) >= 11 is 0. The minimum atomic E-state index is -0.948. The molecule has 1 aliphatic carbocycles. The fraction of sp³-hybridized carbons (Fsp3) is 0.588. The summed E-state index contributed by atoms with van der Waals surface area (Å²) in [4.78, 5) is 15.3. The van der Waals surface area contributed by atoms with Gasteiger partial charge in [0.2, 0.25) is 5.91 Å². The van der Waals surface area contributed by atoms with E-state index in [-0.39, 0.29) is 11.8 Å². The molecule has 22 heavy (non-hydrogen) atoms. The zero-order valence-corrected chi connectivity index (χ0v) is 13.7. The average Bonchev–Trinajstić information content (AvgIpc) is 3.37. The molecule has 1 N–H and O–H groups in total. The number of likely N-dealkylation sites (tertiary alicyclic amines) is 1. The van der Waals surface area contributed by atoms with Gasteiger partial charge in [-0.25, -0.2) is 0 Å². The van der Waals surface area contributed by atoms with Crippen LogP contribution in [0.15, 0.2) is 35.2 Å². The molecule has 1 heterocycles. The van der Waals surface area contributed by atoms with Crippen molar-refractivity contribution in [1.29, 1.82) is 0 Å². The van der Waals surface area contributed by atoms with Crippen LogP contribution in [0.4, 0.5) is 0 Å². The summed E-state index contributed by atoms with van der Waals surface area (Å²) in [6.45, 7) is 2.62. The maximum Gasteiger partial charge on any atom is 0.224 e. The summed E-state index contributed by atoms with van der Waals surface area (Å²) in [6.07, 6.45) is 4.31. The lowest BCUT2D eigenvalue weighted by Gasteiger charge is -2.31. The van der Waals surface area contributed by atoms with Gasteiger partial charge in [-0.15, -0.1) is 0 Å². The number of hydrogen-bond donors (Lipinski definition) is 1.